The number of alkyl halides is 2. The molecule has 18 heteroatoms. The number of hydrogen-bond acceptors (Lipinski definition) is 11. The molecular formula is C43H60F2N6O9S. The number of alkyl carbamates (subject to hydrolysis) is 1. The van der Waals surface area contributed by atoms with Gasteiger partial charge in [0.15, 0.2) is 0 Å². The fourth-order valence-corrected chi connectivity index (χ4v) is 10.8. The van der Waals surface area contributed by atoms with E-state index in [0.29, 0.717) is 67.4 Å². The third-order valence-electron chi connectivity index (χ3n) is 13.8. The van der Waals surface area contributed by atoms with Gasteiger partial charge in [0.25, 0.3) is 5.91 Å². The summed E-state index contributed by atoms with van der Waals surface area (Å²) in [5.41, 5.74) is -0.502. The lowest BCUT2D eigenvalue weighted by atomic mass is 9.83. The minimum atomic E-state index is -4.24. The monoisotopic (exact) mass is 874 g/mol. The van der Waals surface area contributed by atoms with E-state index in [2.05, 4.69) is 10.6 Å². The summed E-state index contributed by atoms with van der Waals surface area (Å²) in [6, 6.07) is 2.90. The number of cyclic esters (lactones) is 1. The largest absolute Gasteiger partial charge is 0.497 e. The number of methoxy groups -OCH3 is 1. The van der Waals surface area contributed by atoms with E-state index < -0.39 is 87.0 Å². The number of halogens is 2. The van der Waals surface area contributed by atoms with Crippen LogP contribution in [0.1, 0.15) is 123 Å². The van der Waals surface area contributed by atoms with Crippen molar-refractivity contribution < 1.29 is 50.6 Å². The van der Waals surface area contributed by atoms with E-state index in [1.807, 2.05) is 24.6 Å². The molecule has 2 aromatic rings. The summed E-state index contributed by atoms with van der Waals surface area (Å²) in [6.07, 6.45) is 4.33. The molecule has 4 fully saturated rings. The van der Waals surface area contributed by atoms with Gasteiger partial charge in [0.2, 0.25) is 34.1 Å². The molecule has 2 aliphatic heterocycles. The van der Waals surface area contributed by atoms with E-state index >= 15 is 4.79 Å². The number of rotatable bonds is 10. The third kappa shape index (κ3) is 9.38. The Hall–Kier alpha value is -4.35. The number of ether oxygens (including phenoxy) is 3. The van der Waals surface area contributed by atoms with E-state index in [4.69, 9.17) is 24.2 Å². The number of aryl methyl sites for hydroxylation is 1. The van der Waals surface area contributed by atoms with Crippen LogP contribution < -0.4 is 24.8 Å². The van der Waals surface area contributed by atoms with Crippen LogP contribution in [-0.4, -0.2) is 102 Å². The van der Waals surface area contributed by atoms with Gasteiger partial charge in [-0.2, -0.15) is 0 Å². The molecule has 0 unspecified atom stereocenters. The average Bonchev–Trinajstić information content (AvgIpc) is 4.15. The molecule has 4 amide bonds. The SMILES string of the molecule is CC[C@@H]1CCCCCCc2nc3ccc(OC)cc3nc2O[C@H]2CN(C(=O)[C@H](C3CCCCC3)NC(=O)O1)[C@H](C(=O)N[C@]1(C(=O)NS(=O)(=O)C3(C)CC3)C[C@H]1C(F)F)[C@@H]2CC. The van der Waals surface area contributed by atoms with Gasteiger partial charge in [0.1, 0.15) is 41.3 Å². The Morgan fingerprint density at radius 1 is 0.984 bits per heavy atom. The molecule has 7 rings (SSSR count). The van der Waals surface area contributed by atoms with Crippen molar-refractivity contribution in [3.05, 3.63) is 23.9 Å². The van der Waals surface area contributed by atoms with Crippen LogP contribution in [0.5, 0.6) is 11.6 Å². The molecule has 0 radical (unpaired) electrons. The molecule has 1 saturated heterocycles. The van der Waals surface area contributed by atoms with Crippen LogP contribution in [0, 0.1) is 17.8 Å². The summed E-state index contributed by atoms with van der Waals surface area (Å²) in [4.78, 5) is 68.6. The number of carbonyl (C=O) groups excluding carboxylic acids is 4. The maximum atomic E-state index is 15.2. The summed E-state index contributed by atoms with van der Waals surface area (Å²) in [5, 5.41) is 5.44. The molecule has 3 N–H and O–H groups in total. The van der Waals surface area contributed by atoms with Gasteiger partial charge in [-0.1, -0.05) is 46.0 Å². The van der Waals surface area contributed by atoms with Crippen LogP contribution in [0.2, 0.25) is 0 Å². The fourth-order valence-electron chi connectivity index (χ4n) is 9.47. The first-order valence-corrected chi connectivity index (χ1v) is 23.6. The molecule has 1 aromatic heterocycles. The minimum Gasteiger partial charge on any atom is -0.497 e. The number of benzene rings is 1. The van der Waals surface area contributed by atoms with Crippen molar-refractivity contribution in [1.29, 1.82) is 0 Å². The molecule has 3 aliphatic carbocycles. The zero-order valence-electron chi connectivity index (χ0n) is 35.6. The number of amides is 4. The highest BCUT2D eigenvalue weighted by molar-refractivity contribution is 7.91. The van der Waals surface area contributed by atoms with Crippen LogP contribution in [0.15, 0.2) is 18.2 Å². The van der Waals surface area contributed by atoms with E-state index in [1.54, 1.807) is 19.2 Å². The Kier molecular flexibility index (Phi) is 13.3. The maximum absolute atomic E-state index is 15.2. The highest BCUT2D eigenvalue weighted by atomic mass is 32.2. The van der Waals surface area contributed by atoms with Crippen molar-refractivity contribution in [2.24, 2.45) is 17.8 Å². The van der Waals surface area contributed by atoms with Gasteiger partial charge in [0.05, 0.1) is 35.4 Å². The Morgan fingerprint density at radius 2 is 1.69 bits per heavy atom. The van der Waals surface area contributed by atoms with E-state index in [9.17, 15) is 31.6 Å². The van der Waals surface area contributed by atoms with Crippen LogP contribution in [0.3, 0.4) is 0 Å². The molecule has 61 heavy (non-hydrogen) atoms. The molecule has 2 bridgehead atoms. The first kappa shape index (κ1) is 44.7. The molecule has 7 atom stereocenters. The number of carbonyl (C=O) groups is 4. The minimum absolute atomic E-state index is 0.144. The van der Waals surface area contributed by atoms with Gasteiger partial charge in [-0.15, -0.1) is 0 Å². The molecule has 0 spiro atoms. The van der Waals surface area contributed by atoms with Crippen molar-refractivity contribution in [1.82, 2.24) is 30.2 Å². The average molecular weight is 875 g/mol. The van der Waals surface area contributed by atoms with Crippen LogP contribution >= 0.6 is 0 Å². The predicted octanol–water partition coefficient (Wildman–Crippen LogP) is 5.72. The lowest BCUT2D eigenvalue weighted by Gasteiger charge is -2.35. The van der Waals surface area contributed by atoms with E-state index in [0.717, 1.165) is 44.9 Å². The standard InChI is InChI=1S/C43H60F2N6O9S/c1-5-26-16-12-7-8-13-17-31-38(47-32-22-27(58-4)18-19-30(32)46-31)60-33-24-51(39(53)34(48-41(55)59-26)25-14-10-9-11-15-25)35(28(33)6-2)37(52)49-43(23-29(43)36(44)45)40(54)50-61(56,57)42(3)20-21-42/h18-19,22,25-26,28-29,33-36H,5-17,20-21,23-24H2,1-4H3,(H,48,55)(H,49,52)(H,50,54)/t26-,28-,29+,33+,34+,35+,43-/m1/s1. The zero-order chi connectivity index (χ0) is 43.7. The molecule has 5 aliphatic rings. The van der Waals surface area contributed by atoms with Crippen molar-refractivity contribution in [3.63, 3.8) is 0 Å². The Balaban J connectivity index is 1.28. The Bertz CT molecular complexity index is 2080. The van der Waals surface area contributed by atoms with Gasteiger partial charge in [0, 0.05) is 12.0 Å². The van der Waals surface area contributed by atoms with E-state index in [-0.39, 0.29) is 30.9 Å². The first-order chi connectivity index (χ1) is 29.1. The summed E-state index contributed by atoms with van der Waals surface area (Å²) >= 11 is 0. The van der Waals surface area contributed by atoms with E-state index in [1.165, 1.54) is 11.8 Å². The Morgan fingerprint density at radius 3 is 2.34 bits per heavy atom. The van der Waals surface area contributed by atoms with Gasteiger partial charge in [-0.3, -0.25) is 19.1 Å². The molecule has 1 aromatic carbocycles. The summed E-state index contributed by atoms with van der Waals surface area (Å²) < 4.78 is 74.1. The second-order valence-corrected chi connectivity index (χ2v) is 20.1. The first-order valence-electron chi connectivity index (χ1n) is 22.1. The summed E-state index contributed by atoms with van der Waals surface area (Å²) in [7, 11) is -2.70. The van der Waals surface area contributed by atoms with Crippen LogP contribution in [0.25, 0.3) is 11.0 Å². The van der Waals surface area contributed by atoms with Gasteiger partial charge < -0.3 is 29.7 Å². The number of sulfonamides is 1. The van der Waals surface area contributed by atoms with Crippen molar-refractivity contribution >= 4 is 44.9 Å². The summed E-state index contributed by atoms with van der Waals surface area (Å²) in [5.74, 6) is -4.63. The Labute approximate surface area is 356 Å². The van der Waals surface area contributed by atoms with Gasteiger partial charge in [-0.25, -0.2) is 32.0 Å². The number of hydrogen-bond donors (Lipinski definition) is 3. The smallest absolute Gasteiger partial charge is 0.408 e. The predicted molar refractivity (Wildman–Crippen MR) is 220 cm³/mol. The number of aromatic nitrogens is 2. The van der Waals surface area contributed by atoms with Crippen LogP contribution in [-0.2, 0) is 35.6 Å². The van der Waals surface area contributed by atoms with Crippen molar-refractivity contribution in [2.45, 2.75) is 165 Å². The topological polar surface area (TPSA) is 195 Å². The fraction of sp³-hybridized carbons (Fsp3) is 0.721. The van der Waals surface area contributed by atoms with Crippen LogP contribution in [0.4, 0.5) is 13.6 Å². The maximum Gasteiger partial charge on any atom is 0.408 e. The second-order valence-electron chi connectivity index (χ2n) is 17.9. The molecule has 3 saturated carbocycles. The normalized spacial score (nSPS) is 29.9. The molecule has 3 heterocycles. The molecular weight excluding hydrogens is 815 g/mol. The van der Waals surface area contributed by atoms with Crippen molar-refractivity contribution in [2.75, 3.05) is 13.7 Å². The highest BCUT2D eigenvalue weighted by Gasteiger charge is 2.67. The number of fused-ring (bicyclic) bond motifs is 4. The number of nitrogens with zero attached hydrogens (tertiary/aromatic N) is 3. The highest BCUT2D eigenvalue weighted by Crippen LogP contribution is 2.50. The van der Waals surface area contributed by atoms with Crippen molar-refractivity contribution in [3.8, 4) is 11.6 Å². The van der Waals surface area contributed by atoms with Gasteiger partial charge in [-0.05, 0) is 95.6 Å². The lowest BCUT2D eigenvalue weighted by molar-refractivity contribution is -0.143. The number of nitrogens with one attached hydrogen (secondary N) is 3. The third-order valence-corrected chi connectivity index (χ3v) is 15.9. The lowest BCUT2D eigenvalue weighted by Crippen LogP contribution is -2.61. The van der Waals surface area contributed by atoms with Gasteiger partial charge >= 0.3 is 6.09 Å². The zero-order valence-corrected chi connectivity index (χ0v) is 36.4. The quantitative estimate of drug-likeness (QED) is 0.264. The molecule has 336 valence electrons. The second kappa shape index (κ2) is 18.2. The summed E-state index contributed by atoms with van der Waals surface area (Å²) in [6.45, 7) is 5.07. The molecule has 15 nitrogen and oxygen atoms in total.